The van der Waals surface area contributed by atoms with Gasteiger partial charge in [0.05, 0.1) is 4.90 Å². The van der Waals surface area contributed by atoms with Crippen LogP contribution in [0.15, 0.2) is 47.4 Å². The van der Waals surface area contributed by atoms with Crippen LogP contribution < -0.4 is 11.1 Å². The first-order valence-electron chi connectivity index (χ1n) is 9.15. The minimum atomic E-state index is -3.58. The monoisotopic (exact) mass is 387 g/mol. The van der Waals surface area contributed by atoms with E-state index in [1.807, 2.05) is 0 Å². The lowest BCUT2D eigenvalue weighted by molar-refractivity contribution is 0.102. The van der Waals surface area contributed by atoms with Gasteiger partial charge in [0.2, 0.25) is 10.0 Å². The Bertz CT molecular complexity index is 933. The van der Waals surface area contributed by atoms with Crippen molar-refractivity contribution in [2.45, 2.75) is 37.5 Å². The second kappa shape index (κ2) is 8.10. The number of nitrogens with two attached hydrogens (primary N) is 1. The maximum atomic E-state index is 13.1. The van der Waals surface area contributed by atoms with Crippen molar-refractivity contribution in [3.63, 3.8) is 0 Å². The van der Waals surface area contributed by atoms with Gasteiger partial charge in [-0.15, -0.1) is 0 Å². The van der Waals surface area contributed by atoms with E-state index >= 15 is 0 Å². The molecule has 144 valence electrons. The first-order chi connectivity index (χ1) is 12.9. The Morgan fingerprint density at radius 2 is 1.74 bits per heavy atom. The third-order valence-corrected chi connectivity index (χ3v) is 6.82. The summed E-state index contributed by atoms with van der Waals surface area (Å²) in [5, 5.41) is 2.76. The summed E-state index contributed by atoms with van der Waals surface area (Å²) < 4.78 is 27.8. The van der Waals surface area contributed by atoms with E-state index in [1.165, 1.54) is 0 Å². The van der Waals surface area contributed by atoms with Gasteiger partial charge < -0.3 is 11.1 Å². The number of sulfonamides is 1. The fraction of sp³-hybridized carbons (Fsp3) is 0.350. The number of nitrogens with zero attached hydrogens (tertiary/aromatic N) is 1. The summed E-state index contributed by atoms with van der Waals surface area (Å²) in [4.78, 5) is 12.7. The molecule has 0 aliphatic carbocycles. The third kappa shape index (κ3) is 4.48. The number of rotatable bonds is 4. The first kappa shape index (κ1) is 19.4. The smallest absolute Gasteiger partial charge is 0.255 e. The zero-order valence-electron chi connectivity index (χ0n) is 15.4. The molecule has 3 N–H and O–H groups in total. The van der Waals surface area contributed by atoms with Crippen LogP contribution in [0.5, 0.6) is 0 Å². The largest absolute Gasteiger partial charge is 0.399 e. The minimum Gasteiger partial charge on any atom is -0.399 e. The summed E-state index contributed by atoms with van der Waals surface area (Å²) in [6, 6.07) is 11.6. The van der Waals surface area contributed by atoms with Crippen LogP contribution in [0.2, 0.25) is 0 Å². The summed E-state index contributed by atoms with van der Waals surface area (Å²) in [6.07, 6.45) is 3.87. The van der Waals surface area contributed by atoms with Gasteiger partial charge in [0, 0.05) is 30.0 Å². The van der Waals surface area contributed by atoms with E-state index in [-0.39, 0.29) is 10.8 Å². The SMILES string of the molecule is Cc1ccc(NC(=O)c2cccc(N)c2)cc1S(=O)(=O)N1CCCCCC1. The molecule has 1 aliphatic rings. The summed E-state index contributed by atoms with van der Waals surface area (Å²) in [7, 11) is -3.58. The van der Waals surface area contributed by atoms with Gasteiger partial charge in [0.1, 0.15) is 0 Å². The van der Waals surface area contributed by atoms with Gasteiger partial charge in [-0.2, -0.15) is 4.31 Å². The second-order valence-electron chi connectivity index (χ2n) is 6.88. The van der Waals surface area contributed by atoms with Crippen molar-refractivity contribution in [3.8, 4) is 0 Å². The molecule has 27 heavy (non-hydrogen) atoms. The summed E-state index contributed by atoms with van der Waals surface area (Å²) in [5.41, 5.74) is 7.75. The zero-order valence-corrected chi connectivity index (χ0v) is 16.3. The van der Waals surface area contributed by atoms with Crippen LogP contribution in [0, 0.1) is 6.92 Å². The molecule has 7 heteroatoms. The van der Waals surface area contributed by atoms with E-state index in [0.29, 0.717) is 35.6 Å². The summed E-state index contributed by atoms with van der Waals surface area (Å²) >= 11 is 0. The molecule has 1 amide bonds. The number of benzene rings is 2. The number of nitrogen functional groups attached to an aromatic ring is 1. The summed E-state index contributed by atoms with van der Waals surface area (Å²) in [5.74, 6) is -0.329. The van der Waals surface area contributed by atoms with Crippen LogP contribution in [-0.4, -0.2) is 31.7 Å². The molecule has 0 saturated carbocycles. The number of nitrogens with one attached hydrogen (secondary N) is 1. The lowest BCUT2D eigenvalue weighted by Gasteiger charge is -2.21. The van der Waals surface area contributed by atoms with E-state index in [0.717, 1.165) is 25.7 Å². The van der Waals surface area contributed by atoms with Crippen LogP contribution in [0.25, 0.3) is 0 Å². The molecule has 6 nitrogen and oxygen atoms in total. The number of hydrogen-bond acceptors (Lipinski definition) is 4. The predicted molar refractivity (Wildman–Crippen MR) is 107 cm³/mol. The Labute approximate surface area is 160 Å². The van der Waals surface area contributed by atoms with Crippen LogP contribution in [0.3, 0.4) is 0 Å². The summed E-state index contributed by atoms with van der Waals surface area (Å²) in [6.45, 7) is 2.86. The molecular weight excluding hydrogens is 362 g/mol. The van der Waals surface area contributed by atoms with Gasteiger partial charge in [-0.1, -0.05) is 25.0 Å². The molecule has 2 aromatic rings. The second-order valence-corrected chi connectivity index (χ2v) is 8.78. The number of carbonyl (C=O) groups is 1. The van der Waals surface area contributed by atoms with E-state index < -0.39 is 10.0 Å². The number of carbonyl (C=O) groups excluding carboxylic acids is 1. The van der Waals surface area contributed by atoms with Crippen LogP contribution >= 0.6 is 0 Å². The fourth-order valence-corrected chi connectivity index (χ4v) is 5.03. The van der Waals surface area contributed by atoms with Gasteiger partial charge in [-0.25, -0.2) is 8.42 Å². The Balaban J connectivity index is 1.86. The van der Waals surface area contributed by atoms with E-state index in [4.69, 9.17) is 5.73 Å². The molecule has 3 rings (SSSR count). The maximum Gasteiger partial charge on any atom is 0.255 e. The highest BCUT2D eigenvalue weighted by Gasteiger charge is 2.27. The number of amides is 1. The lowest BCUT2D eigenvalue weighted by atomic mass is 10.1. The van der Waals surface area contributed by atoms with Crippen molar-refractivity contribution >= 4 is 27.3 Å². The predicted octanol–water partition coefficient (Wildman–Crippen LogP) is 3.39. The van der Waals surface area contributed by atoms with Gasteiger partial charge in [-0.05, 0) is 55.7 Å². The van der Waals surface area contributed by atoms with Crippen LogP contribution in [0.4, 0.5) is 11.4 Å². The minimum absolute atomic E-state index is 0.245. The Kier molecular flexibility index (Phi) is 5.82. The van der Waals surface area contributed by atoms with Gasteiger partial charge in [0.15, 0.2) is 0 Å². The Hall–Kier alpha value is -2.38. The van der Waals surface area contributed by atoms with E-state index in [1.54, 1.807) is 53.7 Å². The fourth-order valence-electron chi connectivity index (χ4n) is 3.26. The first-order valence-corrected chi connectivity index (χ1v) is 10.6. The van der Waals surface area contributed by atoms with Gasteiger partial charge in [-0.3, -0.25) is 4.79 Å². The molecule has 1 heterocycles. The average Bonchev–Trinajstić information content (AvgIpc) is 2.93. The van der Waals surface area contributed by atoms with Crippen molar-refractivity contribution < 1.29 is 13.2 Å². The number of anilines is 2. The molecule has 0 unspecified atom stereocenters. The molecular formula is C20H25N3O3S. The standard InChI is InChI=1S/C20H25N3O3S/c1-15-9-10-18(22-20(24)16-7-6-8-17(21)13-16)14-19(15)27(25,26)23-11-4-2-3-5-12-23/h6-10,13-14H,2-5,11-12,21H2,1H3,(H,22,24). The molecule has 2 aromatic carbocycles. The van der Waals surface area contributed by atoms with Crippen molar-refractivity contribution in [2.24, 2.45) is 0 Å². The Morgan fingerprint density at radius 1 is 1.04 bits per heavy atom. The van der Waals surface area contributed by atoms with Gasteiger partial charge in [0.25, 0.3) is 5.91 Å². The molecule has 1 saturated heterocycles. The molecule has 0 radical (unpaired) electrons. The normalized spacial score (nSPS) is 15.9. The molecule has 0 aromatic heterocycles. The number of aryl methyl sites for hydroxylation is 1. The van der Waals surface area contributed by atoms with Crippen molar-refractivity contribution in [1.82, 2.24) is 4.31 Å². The Morgan fingerprint density at radius 3 is 2.41 bits per heavy atom. The molecule has 0 atom stereocenters. The van der Waals surface area contributed by atoms with E-state index in [2.05, 4.69) is 5.32 Å². The van der Waals surface area contributed by atoms with Crippen molar-refractivity contribution in [2.75, 3.05) is 24.1 Å². The number of hydrogen-bond donors (Lipinski definition) is 2. The molecule has 0 spiro atoms. The highest BCUT2D eigenvalue weighted by atomic mass is 32.2. The average molecular weight is 388 g/mol. The van der Waals surface area contributed by atoms with E-state index in [9.17, 15) is 13.2 Å². The van der Waals surface area contributed by atoms with Crippen molar-refractivity contribution in [3.05, 3.63) is 53.6 Å². The van der Waals surface area contributed by atoms with Crippen LogP contribution in [-0.2, 0) is 10.0 Å². The lowest BCUT2D eigenvalue weighted by Crippen LogP contribution is -2.32. The zero-order chi connectivity index (χ0) is 19.4. The van der Waals surface area contributed by atoms with Crippen molar-refractivity contribution in [1.29, 1.82) is 0 Å². The van der Waals surface area contributed by atoms with Crippen LogP contribution in [0.1, 0.15) is 41.6 Å². The van der Waals surface area contributed by atoms with Gasteiger partial charge >= 0.3 is 0 Å². The maximum absolute atomic E-state index is 13.1. The molecule has 1 fully saturated rings. The molecule has 1 aliphatic heterocycles. The highest BCUT2D eigenvalue weighted by molar-refractivity contribution is 7.89. The third-order valence-electron chi connectivity index (χ3n) is 4.78. The highest BCUT2D eigenvalue weighted by Crippen LogP contribution is 2.26. The molecule has 0 bridgehead atoms. The topological polar surface area (TPSA) is 92.5 Å². The quantitative estimate of drug-likeness (QED) is 0.787.